The van der Waals surface area contributed by atoms with Crippen molar-refractivity contribution in [3.8, 4) is 12.3 Å². The summed E-state index contributed by atoms with van der Waals surface area (Å²) in [5, 5.41) is 5.57. The van der Waals surface area contributed by atoms with E-state index in [2.05, 4.69) is 23.5 Å². The molecule has 0 radical (unpaired) electrons. The molecule has 9 nitrogen and oxygen atoms in total. The topological polar surface area (TPSA) is 131 Å². The van der Waals surface area contributed by atoms with Crippen molar-refractivity contribution in [2.75, 3.05) is 13.1 Å². The average Bonchev–Trinajstić information content (AvgIpc) is 2.89. The highest BCUT2D eigenvalue weighted by Gasteiger charge is 2.37. The lowest BCUT2D eigenvalue weighted by atomic mass is 9.96. The van der Waals surface area contributed by atoms with E-state index in [0.717, 1.165) is 38.5 Å². The number of ether oxygens (including phenoxy) is 1. The first-order chi connectivity index (χ1) is 18.9. The third-order valence-electron chi connectivity index (χ3n) is 6.25. The van der Waals surface area contributed by atoms with Crippen LogP contribution in [-0.2, 0) is 19.1 Å². The third kappa shape index (κ3) is 12.5. The van der Waals surface area contributed by atoms with Crippen molar-refractivity contribution in [3.05, 3.63) is 35.4 Å². The lowest BCUT2D eigenvalue weighted by molar-refractivity contribution is -0.142. The van der Waals surface area contributed by atoms with Gasteiger partial charge in [0.1, 0.15) is 17.7 Å². The molecular formula is C31H48N4O5. The second kappa shape index (κ2) is 17.9. The summed E-state index contributed by atoms with van der Waals surface area (Å²) in [6.07, 6.45) is 11.1. The number of rotatable bonds is 17. The van der Waals surface area contributed by atoms with E-state index in [0.29, 0.717) is 24.1 Å². The standard InChI is InChI=1S/C31H48N4O5/c1-7-10-12-13-16-22-35(29(38)25(19-20-26(32)36)34-30(39)40-31(4,5)6)27(28(37)33-21-11-8-2)24-18-15-14-17-23(24)9-3/h3,14-15,17-18,25,27H,7-8,10-13,16,19-22H2,1-2,4-6H3,(H2,32,36)(H,33,37)(H,34,39). The largest absolute Gasteiger partial charge is 0.444 e. The van der Waals surface area contributed by atoms with Crippen LogP contribution in [0.1, 0.15) is 110 Å². The maximum absolute atomic E-state index is 14.2. The molecule has 9 heteroatoms. The van der Waals surface area contributed by atoms with Crippen LogP contribution in [0.5, 0.6) is 0 Å². The van der Waals surface area contributed by atoms with Gasteiger partial charge in [0.15, 0.2) is 0 Å². The highest BCUT2D eigenvalue weighted by Crippen LogP contribution is 2.27. The first-order valence-electron chi connectivity index (χ1n) is 14.4. The zero-order valence-corrected chi connectivity index (χ0v) is 24.9. The minimum absolute atomic E-state index is 0.0410. The Morgan fingerprint density at radius 1 is 1.02 bits per heavy atom. The molecule has 0 aliphatic rings. The highest BCUT2D eigenvalue weighted by atomic mass is 16.6. The van der Waals surface area contributed by atoms with Crippen LogP contribution in [0.3, 0.4) is 0 Å². The second-order valence-electron chi connectivity index (χ2n) is 10.9. The molecule has 40 heavy (non-hydrogen) atoms. The summed E-state index contributed by atoms with van der Waals surface area (Å²) >= 11 is 0. The SMILES string of the molecule is C#Cc1ccccc1C(C(=O)NCCCC)N(CCCCCCC)C(=O)C(CCC(N)=O)NC(=O)OC(C)(C)C. The number of hydrogen-bond acceptors (Lipinski definition) is 5. The Hall–Kier alpha value is -3.54. The van der Waals surface area contributed by atoms with Gasteiger partial charge in [-0.2, -0.15) is 0 Å². The maximum Gasteiger partial charge on any atom is 0.408 e. The lowest BCUT2D eigenvalue weighted by Crippen LogP contribution is -2.53. The summed E-state index contributed by atoms with van der Waals surface area (Å²) in [6.45, 7) is 9.98. The Balaban J connectivity index is 3.54. The predicted molar refractivity (Wildman–Crippen MR) is 157 cm³/mol. The molecule has 2 atom stereocenters. The molecule has 0 spiro atoms. The van der Waals surface area contributed by atoms with Crippen molar-refractivity contribution >= 4 is 23.8 Å². The minimum Gasteiger partial charge on any atom is -0.444 e. The van der Waals surface area contributed by atoms with Gasteiger partial charge < -0.3 is 26.0 Å². The minimum atomic E-state index is -1.14. The Morgan fingerprint density at radius 2 is 1.68 bits per heavy atom. The molecule has 4 N–H and O–H groups in total. The van der Waals surface area contributed by atoms with Crippen LogP contribution >= 0.6 is 0 Å². The van der Waals surface area contributed by atoms with Gasteiger partial charge >= 0.3 is 6.09 Å². The summed E-state index contributed by atoms with van der Waals surface area (Å²) in [6, 6.07) is 4.86. The van der Waals surface area contributed by atoms with Gasteiger partial charge in [0.25, 0.3) is 0 Å². The first-order valence-corrected chi connectivity index (χ1v) is 14.4. The van der Waals surface area contributed by atoms with Gasteiger partial charge in [-0.15, -0.1) is 6.42 Å². The maximum atomic E-state index is 14.2. The molecule has 0 aromatic heterocycles. The van der Waals surface area contributed by atoms with Gasteiger partial charge in [-0.05, 0) is 51.7 Å². The van der Waals surface area contributed by atoms with E-state index in [1.807, 2.05) is 6.92 Å². The van der Waals surface area contributed by atoms with Gasteiger partial charge in [-0.1, -0.05) is 70.1 Å². The van der Waals surface area contributed by atoms with Crippen LogP contribution in [0.2, 0.25) is 0 Å². The Bertz CT molecular complexity index is 1010. The fourth-order valence-corrected chi connectivity index (χ4v) is 4.25. The number of benzene rings is 1. The summed E-state index contributed by atoms with van der Waals surface area (Å²) in [4.78, 5) is 53.7. The lowest BCUT2D eigenvalue weighted by Gasteiger charge is -2.35. The van der Waals surface area contributed by atoms with E-state index in [-0.39, 0.29) is 25.3 Å². The van der Waals surface area contributed by atoms with E-state index in [9.17, 15) is 19.2 Å². The molecule has 4 amide bonds. The number of nitrogens with zero attached hydrogens (tertiary/aromatic N) is 1. The molecule has 0 saturated carbocycles. The zero-order chi connectivity index (χ0) is 30.1. The second-order valence-corrected chi connectivity index (χ2v) is 10.9. The first kappa shape index (κ1) is 34.5. The zero-order valence-electron chi connectivity index (χ0n) is 24.9. The molecule has 1 aromatic carbocycles. The molecule has 0 bridgehead atoms. The van der Waals surface area contributed by atoms with E-state index in [1.165, 1.54) is 4.90 Å². The normalized spacial score (nSPS) is 12.5. The molecule has 2 unspecified atom stereocenters. The van der Waals surface area contributed by atoms with Crippen LogP contribution < -0.4 is 16.4 Å². The summed E-state index contributed by atoms with van der Waals surface area (Å²) in [5.41, 5.74) is 5.61. The number of nitrogens with two attached hydrogens (primary N) is 1. The monoisotopic (exact) mass is 556 g/mol. The van der Waals surface area contributed by atoms with Crippen molar-refractivity contribution < 1.29 is 23.9 Å². The van der Waals surface area contributed by atoms with Crippen molar-refractivity contribution in [2.45, 2.75) is 110 Å². The predicted octanol–water partition coefficient (Wildman–Crippen LogP) is 4.58. The van der Waals surface area contributed by atoms with Crippen LogP contribution in [0.4, 0.5) is 4.79 Å². The van der Waals surface area contributed by atoms with E-state index in [4.69, 9.17) is 16.9 Å². The molecule has 222 valence electrons. The smallest absolute Gasteiger partial charge is 0.408 e. The Morgan fingerprint density at radius 3 is 2.27 bits per heavy atom. The number of terminal acetylenes is 1. The van der Waals surface area contributed by atoms with Gasteiger partial charge in [0.05, 0.1) is 0 Å². The number of carbonyl (C=O) groups is 4. The quantitative estimate of drug-likeness (QED) is 0.191. The molecule has 0 aliphatic carbocycles. The number of primary amides is 1. The van der Waals surface area contributed by atoms with Crippen molar-refractivity contribution in [1.82, 2.24) is 15.5 Å². The van der Waals surface area contributed by atoms with E-state index < -0.39 is 35.6 Å². The van der Waals surface area contributed by atoms with Gasteiger partial charge in [0, 0.05) is 25.1 Å². The van der Waals surface area contributed by atoms with Crippen molar-refractivity contribution in [2.24, 2.45) is 5.73 Å². The fraction of sp³-hybridized carbons (Fsp3) is 0.613. The summed E-state index contributed by atoms with van der Waals surface area (Å²) < 4.78 is 5.38. The molecule has 0 saturated heterocycles. The Kier molecular flexibility index (Phi) is 15.5. The van der Waals surface area contributed by atoms with Crippen LogP contribution in [0.15, 0.2) is 24.3 Å². The van der Waals surface area contributed by atoms with Crippen molar-refractivity contribution in [3.63, 3.8) is 0 Å². The van der Waals surface area contributed by atoms with Crippen LogP contribution in [-0.4, -0.2) is 53.4 Å². The molecular weight excluding hydrogens is 508 g/mol. The number of carbonyl (C=O) groups excluding carboxylic acids is 4. The van der Waals surface area contributed by atoms with Crippen molar-refractivity contribution in [1.29, 1.82) is 0 Å². The molecule has 1 rings (SSSR count). The Labute approximate surface area is 240 Å². The molecule has 0 fully saturated rings. The van der Waals surface area contributed by atoms with Gasteiger partial charge in [-0.25, -0.2) is 4.79 Å². The molecule has 0 heterocycles. The fourth-order valence-electron chi connectivity index (χ4n) is 4.25. The number of unbranched alkanes of at least 4 members (excludes halogenated alkanes) is 5. The average molecular weight is 557 g/mol. The number of hydrogen-bond donors (Lipinski definition) is 3. The number of nitrogens with one attached hydrogen (secondary N) is 2. The number of alkyl carbamates (subject to hydrolysis) is 1. The van der Waals surface area contributed by atoms with Gasteiger partial charge in [0.2, 0.25) is 17.7 Å². The highest BCUT2D eigenvalue weighted by molar-refractivity contribution is 5.92. The third-order valence-corrected chi connectivity index (χ3v) is 6.25. The van der Waals surface area contributed by atoms with Crippen LogP contribution in [0, 0.1) is 12.3 Å². The number of amides is 4. The molecule has 0 aliphatic heterocycles. The summed E-state index contributed by atoms with van der Waals surface area (Å²) in [5.74, 6) is 1.16. The van der Waals surface area contributed by atoms with E-state index in [1.54, 1.807) is 45.0 Å². The van der Waals surface area contributed by atoms with Crippen LogP contribution in [0.25, 0.3) is 0 Å². The molecule has 1 aromatic rings. The van der Waals surface area contributed by atoms with E-state index >= 15 is 0 Å². The van der Waals surface area contributed by atoms with Gasteiger partial charge in [-0.3, -0.25) is 14.4 Å². The summed E-state index contributed by atoms with van der Waals surface area (Å²) in [7, 11) is 0.